The highest BCUT2D eigenvalue weighted by atomic mass is 32.2. The van der Waals surface area contributed by atoms with Crippen molar-refractivity contribution in [1.82, 2.24) is 0 Å². The third-order valence-corrected chi connectivity index (χ3v) is 4.83. The van der Waals surface area contributed by atoms with Crippen LogP contribution in [0.15, 0.2) is 0 Å². The molecule has 0 aliphatic heterocycles. The Morgan fingerprint density at radius 1 is 0.810 bits per heavy atom. The summed E-state index contributed by atoms with van der Waals surface area (Å²) in [7, 11) is 0. The molecule has 0 aliphatic carbocycles. The van der Waals surface area contributed by atoms with Crippen LogP contribution in [0.25, 0.3) is 0 Å². The van der Waals surface area contributed by atoms with Gasteiger partial charge in [0.2, 0.25) is 0 Å². The van der Waals surface area contributed by atoms with E-state index >= 15 is 0 Å². The van der Waals surface area contributed by atoms with Gasteiger partial charge in [0.25, 0.3) is 0 Å². The molecule has 0 aromatic heterocycles. The van der Waals surface area contributed by atoms with E-state index in [9.17, 15) is 14.4 Å². The summed E-state index contributed by atoms with van der Waals surface area (Å²) in [5.74, 6) is 0.0623. The van der Waals surface area contributed by atoms with Gasteiger partial charge in [0.05, 0.1) is 0 Å². The van der Waals surface area contributed by atoms with E-state index in [1.54, 1.807) is 0 Å². The summed E-state index contributed by atoms with van der Waals surface area (Å²) in [5.41, 5.74) is 0. The Bertz CT molecular complexity index is 314. The highest BCUT2D eigenvalue weighted by Gasteiger charge is 2.18. The Morgan fingerprint density at radius 3 is 1.67 bits per heavy atom. The van der Waals surface area contributed by atoms with Crippen molar-refractivity contribution in [1.29, 1.82) is 0 Å². The second kappa shape index (κ2) is 12.9. The Morgan fingerprint density at radius 2 is 1.24 bits per heavy atom. The van der Waals surface area contributed by atoms with Gasteiger partial charge in [0.1, 0.15) is 16.8 Å². The number of carboxylic acids is 1. The van der Waals surface area contributed by atoms with Gasteiger partial charge in [-0.3, -0.25) is 14.4 Å². The van der Waals surface area contributed by atoms with Gasteiger partial charge < -0.3 is 5.11 Å². The van der Waals surface area contributed by atoms with E-state index < -0.39 is 11.2 Å². The maximum atomic E-state index is 11.2. The van der Waals surface area contributed by atoms with Gasteiger partial charge in [-0.2, -0.15) is 0 Å². The van der Waals surface area contributed by atoms with Gasteiger partial charge in [-0.05, 0) is 32.4 Å². The average Bonchev–Trinajstić information content (AvgIpc) is 2.38. The van der Waals surface area contributed by atoms with Crippen LogP contribution in [0.1, 0.15) is 71.6 Å². The molecule has 122 valence electrons. The SMILES string of the molecule is CC(=O)C(SCCCCCCCCCCC(=O)O)C(C)=O. The van der Waals surface area contributed by atoms with Crippen molar-refractivity contribution >= 4 is 29.3 Å². The number of thioether (sulfide) groups is 1. The van der Waals surface area contributed by atoms with Gasteiger partial charge in [-0.1, -0.05) is 38.5 Å². The Balaban J connectivity index is 3.34. The number of carbonyl (C=O) groups is 3. The van der Waals surface area contributed by atoms with Crippen molar-refractivity contribution < 1.29 is 19.5 Å². The van der Waals surface area contributed by atoms with Crippen molar-refractivity contribution in [3.63, 3.8) is 0 Å². The summed E-state index contributed by atoms with van der Waals surface area (Å²) in [6.45, 7) is 2.95. The fourth-order valence-electron chi connectivity index (χ4n) is 2.16. The minimum atomic E-state index is -0.707. The molecule has 0 rings (SSSR count). The smallest absolute Gasteiger partial charge is 0.303 e. The number of carboxylic acid groups (broad SMARTS) is 1. The molecule has 0 saturated carbocycles. The number of hydrogen-bond acceptors (Lipinski definition) is 4. The van der Waals surface area contributed by atoms with E-state index in [4.69, 9.17) is 5.11 Å². The van der Waals surface area contributed by atoms with E-state index in [1.807, 2.05) is 0 Å². The minimum Gasteiger partial charge on any atom is -0.481 e. The first kappa shape index (κ1) is 20.2. The molecule has 0 radical (unpaired) electrons. The molecule has 0 bridgehead atoms. The standard InChI is InChI=1S/C16H28O4S/c1-13(17)16(14(2)18)21-12-10-8-6-4-3-5-7-9-11-15(19)20/h16H,3-12H2,1-2H3,(H,19,20). The molecule has 0 aromatic rings. The second-order valence-electron chi connectivity index (χ2n) is 5.44. The van der Waals surface area contributed by atoms with E-state index in [2.05, 4.69) is 0 Å². The summed E-state index contributed by atoms with van der Waals surface area (Å²) >= 11 is 1.46. The summed E-state index contributed by atoms with van der Waals surface area (Å²) < 4.78 is 0. The monoisotopic (exact) mass is 316 g/mol. The van der Waals surface area contributed by atoms with Gasteiger partial charge >= 0.3 is 5.97 Å². The minimum absolute atomic E-state index is 0.0474. The largest absolute Gasteiger partial charge is 0.481 e. The maximum Gasteiger partial charge on any atom is 0.303 e. The van der Waals surface area contributed by atoms with Crippen LogP contribution in [-0.2, 0) is 14.4 Å². The zero-order valence-corrected chi connectivity index (χ0v) is 14.0. The first-order valence-corrected chi connectivity index (χ1v) is 8.84. The predicted molar refractivity (Wildman–Crippen MR) is 86.8 cm³/mol. The van der Waals surface area contributed by atoms with Gasteiger partial charge in [-0.25, -0.2) is 0 Å². The van der Waals surface area contributed by atoms with Crippen molar-refractivity contribution in [2.45, 2.75) is 76.9 Å². The molecule has 0 atom stereocenters. The Kier molecular flexibility index (Phi) is 12.4. The number of aliphatic carboxylic acids is 1. The first-order valence-electron chi connectivity index (χ1n) is 7.79. The molecule has 0 saturated heterocycles. The van der Waals surface area contributed by atoms with Crippen molar-refractivity contribution in [2.75, 3.05) is 5.75 Å². The lowest BCUT2D eigenvalue weighted by molar-refractivity contribution is -0.137. The third-order valence-electron chi connectivity index (χ3n) is 3.31. The lowest BCUT2D eigenvalue weighted by Gasteiger charge is -2.09. The first-order chi connectivity index (χ1) is 9.95. The molecule has 0 heterocycles. The number of ketones is 2. The Hall–Kier alpha value is -0.840. The van der Waals surface area contributed by atoms with Crippen molar-refractivity contribution in [3.05, 3.63) is 0 Å². The van der Waals surface area contributed by atoms with Gasteiger partial charge in [-0.15, -0.1) is 11.8 Å². The fourth-order valence-corrected chi connectivity index (χ4v) is 3.24. The summed E-state index contributed by atoms with van der Waals surface area (Å²) in [6, 6.07) is 0. The number of Topliss-reactive ketones (excluding diaryl/α,β-unsaturated/α-hetero) is 2. The fraction of sp³-hybridized carbons (Fsp3) is 0.812. The molecule has 0 aliphatic rings. The number of rotatable bonds is 14. The third kappa shape index (κ3) is 12.6. The van der Waals surface area contributed by atoms with Crippen LogP contribution < -0.4 is 0 Å². The molecule has 0 unspecified atom stereocenters. The van der Waals surface area contributed by atoms with E-state index in [-0.39, 0.29) is 18.0 Å². The van der Waals surface area contributed by atoms with E-state index in [0.717, 1.165) is 44.3 Å². The predicted octanol–water partition coefficient (Wildman–Crippen LogP) is 3.86. The molecular formula is C16H28O4S. The van der Waals surface area contributed by atoms with Crippen LogP contribution in [0.4, 0.5) is 0 Å². The highest BCUT2D eigenvalue weighted by molar-refractivity contribution is 8.01. The zero-order valence-electron chi connectivity index (χ0n) is 13.2. The molecule has 0 aromatic carbocycles. The summed E-state index contributed by atoms with van der Waals surface area (Å²) in [6.07, 6.45) is 8.86. The van der Waals surface area contributed by atoms with E-state index in [0.29, 0.717) is 0 Å². The van der Waals surface area contributed by atoms with Gasteiger partial charge in [0, 0.05) is 6.42 Å². The molecule has 1 N–H and O–H groups in total. The van der Waals surface area contributed by atoms with Crippen LogP contribution in [0.3, 0.4) is 0 Å². The van der Waals surface area contributed by atoms with Crippen LogP contribution >= 0.6 is 11.8 Å². The lowest BCUT2D eigenvalue weighted by atomic mass is 10.1. The van der Waals surface area contributed by atoms with Crippen LogP contribution in [0.5, 0.6) is 0 Å². The van der Waals surface area contributed by atoms with Crippen molar-refractivity contribution in [2.24, 2.45) is 0 Å². The molecule has 4 nitrogen and oxygen atoms in total. The zero-order chi connectivity index (χ0) is 16.1. The summed E-state index contributed by atoms with van der Waals surface area (Å²) in [4.78, 5) is 32.8. The number of unbranched alkanes of at least 4 members (excludes halogenated alkanes) is 7. The molecular weight excluding hydrogens is 288 g/mol. The summed E-state index contributed by atoms with van der Waals surface area (Å²) in [5, 5.41) is 8.03. The lowest BCUT2D eigenvalue weighted by Crippen LogP contribution is -2.22. The molecule has 0 fully saturated rings. The van der Waals surface area contributed by atoms with Gasteiger partial charge in [0.15, 0.2) is 0 Å². The molecule has 0 spiro atoms. The maximum absolute atomic E-state index is 11.2. The van der Waals surface area contributed by atoms with Crippen LogP contribution in [-0.4, -0.2) is 33.6 Å². The topological polar surface area (TPSA) is 71.4 Å². The number of carbonyl (C=O) groups excluding carboxylic acids is 2. The van der Waals surface area contributed by atoms with Crippen LogP contribution in [0, 0.1) is 0 Å². The highest BCUT2D eigenvalue weighted by Crippen LogP contribution is 2.17. The van der Waals surface area contributed by atoms with Crippen LogP contribution in [0.2, 0.25) is 0 Å². The number of hydrogen-bond donors (Lipinski definition) is 1. The molecule has 0 amide bonds. The Labute approximate surface area is 132 Å². The average molecular weight is 316 g/mol. The molecule has 21 heavy (non-hydrogen) atoms. The normalized spacial score (nSPS) is 10.8. The second-order valence-corrected chi connectivity index (χ2v) is 6.66. The molecule has 5 heteroatoms. The van der Waals surface area contributed by atoms with Crippen molar-refractivity contribution in [3.8, 4) is 0 Å². The van der Waals surface area contributed by atoms with E-state index in [1.165, 1.54) is 38.5 Å². The quantitative estimate of drug-likeness (QED) is 0.389.